The second-order valence-electron chi connectivity index (χ2n) is 4.54. The fraction of sp³-hybridized carbons (Fsp3) is 0.385. The van der Waals surface area contributed by atoms with Gasteiger partial charge < -0.3 is 15.7 Å². The topological polar surface area (TPSA) is 81.7 Å². The molecule has 0 bridgehead atoms. The number of piperazine rings is 1. The number of amides is 1. The molecular formula is C13H16BrN3O3. The third-order valence-corrected chi connectivity index (χ3v) is 3.75. The van der Waals surface area contributed by atoms with E-state index in [4.69, 9.17) is 5.11 Å². The first kappa shape index (κ1) is 15.0. The van der Waals surface area contributed by atoms with Gasteiger partial charge in [0.05, 0.1) is 17.8 Å². The quantitative estimate of drug-likeness (QED) is 0.760. The summed E-state index contributed by atoms with van der Waals surface area (Å²) in [5.74, 6) is -1.27. The molecule has 0 saturated carbocycles. The number of benzene rings is 1. The van der Waals surface area contributed by atoms with Crippen LogP contribution in [0.15, 0.2) is 22.7 Å². The molecule has 1 aliphatic rings. The van der Waals surface area contributed by atoms with Crippen molar-refractivity contribution in [2.45, 2.75) is 0 Å². The predicted molar refractivity (Wildman–Crippen MR) is 79.0 cm³/mol. The molecule has 0 atom stereocenters. The van der Waals surface area contributed by atoms with Gasteiger partial charge in [-0.2, -0.15) is 0 Å². The molecule has 0 unspecified atom stereocenters. The fourth-order valence-corrected chi connectivity index (χ4v) is 2.55. The first-order valence-corrected chi connectivity index (χ1v) is 7.12. The van der Waals surface area contributed by atoms with E-state index in [0.29, 0.717) is 10.2 Å². The van der Waals surface area contributed by atoms with Crippen LogP contribution in [-0.2, 0) is 4.79 Å². The van der Waals surface area contributed by atoms with E-state index in [-0.39, 0.29) is 18.0 Å². The standard InChI is InChI=1S/C13H16BrN3O3/c14-10-3-1-2-9(13(19)20)12(10)16-11(18)8-17-6-4-15-5-7-17/h1-3,15H,4-8H2,(H,16,18)(H,19,20). The van der Waals surface area contributed by atoms with Gasteiger partial charge in [-0.3, -0.25) is 9.69 Å². The van der Waals surface area contributed by atoms with E-state index in [0.717, 1.165) is 26.2 Å². The predicted octanol–water partition coefficient (Wildman–Crippen LogP) is 0.991. The van der Waals surface area contributed by atoms with Gasteiger partial charge >= 0.3 is 5.97 Å². The molecule has 7 heteroatoms. The Morgan fingerprint density at radius 3 is 2.70 bits per heavy atom. The summed E-state index contributed by atoms with van der Waals surface area (Å²) in [6.45, 7) is 3.62. The largest absolute Gasteiger partial charge is 0.478 e. The van der Waals surface area contributed by atoms with Crippen LogP contribution in [0.5, 0.6) is 0 Å². The number of halogens is 1. The average Bonchev–Trinajstić information content (AvgIpc) is 2.42. The number of aromatic carboxylic acids is 1. The van der Waals surface area contributed by atoms with Gasteiger partial charge in [0, 0.05) is 30.7 Å². The number of hydrogen-bond acceptors (Lipinski definition) is 4. The van der Waals surface area contributed by atoms with Crippen molar-refractivity contribution in [3.63, 3.8) is 0 Å². The lowest BCUT2D eigenvalue weighted by molar-refractivity contribution is -0.117. The highest BCUT2D eigenvalue weighted by Gasteiger charge is 2.18. The van der Waals surface area contributed by atoms with Crippen molar-refractivity contribution >= 4 is 33.5 Å². The van der Waals surface area contributed by atoms with Gasteiger partial charge in [0.15, 0.2) is 0 Å². The van der Waals surface area contributed by atoms with Crippen LogP contribution in [0.4, 0.5) is 5.69 Å². The third kappa shape index (κ3) is 3.78. The summed E-state index contributed by atoms with van der Waals surface area (Å²) < 4.78 is 0.561. The number of hydrogen-bond donors (Lipinski definition) is 3. The molecule has 0 aromatic heterocycles. The first-order chi connectivity index (χ1) is 9.58. The molecule has 20 heavy (non-hydrogen) atoms. The third-order valence-electron chi connectivity index (χ3n) is 3.09. The number of rotatable bonds is 4. The van der Waals surface area contributed by atoms with E-state index >= 15 is 0 Å². The monoisotopic (exact) mass is 341 g/mol. The average molecular weight is 342 g/mol. The maximum Gasteiger partial charge on any atom is 0.337 e. The zero-order valence-electron chi connectivity index (χ0n) is 10.9. The minimum absolute atomic E-state index is 0.0769. The second kappa shape index (κ2) is 6.83. The van der Waals surface area contributed by atoms with E-state index < -0.39 is 5.97 Å². The lowest BCUT2D eigenvalue weighted by Gasteiger charge is -2.26. The molecule has 0 spiro atoms. The van der Waals surface area contributed by atoms with E-state index in [1.807, 2.05) is 4.90 Å². The SMILES string of the molecule is O=C(CN1CCNCC1)Nc1c(Br)cccc1C(=O)O. The first-order valence-electron chi connectivity index (χ1n) is 6.32. The van der Waals surface area contributed by atoms with Crippen LogP contribution in [0.1, 0.15) is 10.4 Å². The van der Waals surface area contributed by atoms with Crippen molar-refractivity contribution in [1.29, 1.82) is 0 Å². The van der Waals surface area contributed by atoms with Gasteiger partial charge in [-0.05, 0) is 28.1 Å². The van der Waals surface area contributed by atoms with Crippen molar-refractivity contribution < 1.29 is 14.7 Å². The van der Waals surface area contributed by atoms with Crippen molar-refractivity contribution in [1.82, 2.24) is 10.2 Å². The molecule has 1 fully saturated rings. The highest BCUT2D eigenvalue weighted by atomic mass is 79.9. The Morgan fingerprint density at radius 2 is 2.05 bits per heavy atom. The Labute approximate surface area is 125 Å². The molecule has 1 aromatic carbocycles. The molecule has 6 nitrogen and oxygen atoms in total. The van der Waals surface area contributed by atoms with Crippen LogP contribution >= 0.6 is 15.9 Å². The minimum Gasteiger partial charge on any atom is -0.478 e. The fourth-order valence-electron chi connectivity index (χ4n) is 2.08. The van der Waals surface area contributed by atoms with Crippen LogP contribution < -0.4 is 10.6 Å². The summed E-state index contributed by atoms with van der Waals surface area (Å²) in [6, 6.07) is 4.79. The smallest absolute Gasteiger partial charge is 0.337 e. The maximum atomic E-state index is 12.0. The Bertz CT molecular complexity index is 516. The zero-order chi connectivity index (χ0) is 14.5. The molecule has 1 saturated heterocycles. The molecule has 108 valence electrons. The minimum atomic E-state index is -1.07. The maximum absolute atomic E-state index is 12.0. The number of carboxylic acids is 1. The van der Waals surface area contributed by atoms with E-state index in [2.05, 4.69) is 26.6 Å². The number of para-hydroxylation sites is 1. The van der Waals surface area contributed by atoms with Gasteiger partial charge in [-0.25, -0.2) is 4.79 Å². The summed E-state index contributed by atoms with van der Waals surface area (Å²) in [7, 11) is 0. The lowest BCUT2D eigenvalue weighted by atomic mass is 10.2. The summed E-state index contributed by atoms with van der Waals surface area (Å²) in [4.78, 5) is 25.2. The molecular weight excluding hydrogens is 326 g/mol. The Morgan fingerprint density at radius 1 is 1.35 bits per heavy atom. The molecule has 3 N–H and O–H groups in total. The van der Waals surface area contributed by atoms with Crippen molar-refractivity contribution in [3.8, 4) is 0 Å². The van der Waals surface area contributed by atoms with E-state index in [1.165, 1.54) is 6.07 Å². The summed E-state index contributed by atoms with van der Waals surface area (Å²) in [6.07, 6.45) is 0. The molecule has 1 amide bonds. The van der Waals surface area contributed by atoms with Gasteiger partial charge in [0.25, 0.3) is 0 Å². The van der Waals surface area contributed by atoms with Crippen molar-refractivity contribution in [3.05, 3.63) is 28.2 Å². The number of carboxylic acid groups (broad SMARTS) is 1. The van der Waals surface area contributed by atoms with E-state index in [9.17, 15) is 9.59 Å². The summed E-state index contributed by atoms with van der Waals surface area (Å²) in [5.41, 5.74) is 0.383. The summed E-state index contributed by atoms with van der Waals surface area (Å²) >= 11 is 3.27. The van der Waals surface area contributed by atoms with Crippen molar-refractivity contribution in [2.24, 2.45) is 0 Å². The second-order valence-corrected chi connectivity index (χ2v) is 5.40. The number of carbonyl (C=O) groups excluding carboxylic acids is 1. The molecule has 0 radical (unpaired) electrons. The lowest BCUT2D eigenvalue weighted by Crippen LogP contribution is -2.46. The number of carbonyl (C=O) groups is 2. The Balaban J connectivity index is 2.05. The number of nitrogens with one attached hydrogen (secondary N) is 2. The van der Waals surface area contributed by atoms with Gasteiger partial charge in [-0.1, -0.05) is 6.07 Å². The molecule has 1 heterocycles. The number of nitrogens with zero attached hydrogens (tertiary/aromatic N) is 1. The van der Waals surface area contributed by atoms with Crippen LogP contribution in [0.3, 0.4) is 0 Å². The van der Waals surface area contributed by atoms with Gasteiger partial charge in [-0.15, -0.1) is 0 Å². The normalized spacial score (nSPS) is 15.8. The molecule has 0 aliphatic carbocycles. The van der Waals surface area contributed by atoms with Crippen LogP contribution in [-0.4, -0.2) is 54.6 Å². The zero-order valence-corrected chi connectivity index (χ0v) is 12.4. The molecule has 2 rings (SSSR count). The van der Waals surface area contributed by atoms with Gasteiger partial charge in [0.1, 0.15) is 0 Å². The van der Waals surface area contributed by atoms with Gasteiger partial charge in [0.2, 0.25) is 5.91 Å². The van der Waals surface area contributed by atoms with E-state index in [1.54, 1.807) is 12.1 Å². The summed E-state index contributed by atoms with van der Waals surface area (Å²) in [5, 5.41) is 15.0. The van der Waals surface area contributed by atoms with Crippen LogP contribution in [0, 0.1) is 0 Å². The Kier molecular flexibility index (Phi) is 5.11. The molecule has 1 aliphatic heterocycles. The molecule has 1 aromatic rings. The van der Waals surface area contributed by atoms with Crippen LogP contribution in [0.25, 0.3) is 0 Å². The Hall–Kier alpha value is -1.44. The highest BCUT2D eigenvalue weighted by molar-refractivity contribution is 9.10. The van der Waals surface area contributed by atoms with Crippen molar-refractivity contribution in [2.75, 3.05) is 38.0 Å². The number of anilines is 1. The van der Waals surface area contributed by atoms with Crippen LogP contribution in [0.2, 0.25) is 0 Å². The highest BCUT2D eigenvalue weighted by Crippen LogP contribution is 2.26.